The molecule has 1 aliphatic rings. The summed E-state index contributed by atoms with van der Waals surface area (Å²) >= 11 is 0. The molecule has 0 aliphatic carbocycles. The first-order chi connectivity index (χ1) is 11.3. The van der Waals surface area contributed by atoms with Crippen molar-refractivity contribution >= 4 is 16.9 Å². The molecule has 6 heteroatoms. The van der Waals surface area contributed by atoms with Crippen LogP contribution in [0.4, 0.5) is 0 Å². The fraction of sp³-hybridized carbons (Fsp3) is 0.294. The molecule has 1 aliphatic heterocycles. The molecule has 1 saturated heterocycles. The number of rotatable bonds is 2. The molecule has 0 spiro atoms. The van der Waals surface area contributed by atoms with Gasteiger partial charge in [0.2, 0.25) is 0 Å². The van der Waals surface area contributed by atoms with Crippen LogP contribution in [-0.2, 0) is 0 Å². The van der Waals surface area contributed by atoms with Crippen molar-refractivity contribution in [1.29, 1.82) is 0 Å². The zero-order chi connectivity index (χ0) is 15.6. The normalized spacial score (nSPS) is 18.3. The van der Waals surface area contributed by atoms with Crippen molar-refractivity contribution in [2.24, 2.45) is 0 Å². The number of H-pyrrole nitrogens is 1. The number of fused-ring (bicyclic) bond motifs is 1. The summed E-state index contributed by atoms with van der Waals surface area (Å²) in [6.07, 6.45) is 7.08. The van der Waals surface area contributed by atoms with Gasteiger partial charge in [0.05, 0.1) is 5.56 Å². The second-order valence-electron chi connectivity index (χ2n) is 5.84. The van der Waals surface area contributed by atoms with Crippen molar-refractivity contribution in [3.05, 3.63) is 54.1 Å². The molecule has 1 atom stereocenters. The van der Waals surface area contributed by atoms with Gasteiger partial charge >= 0.3 is 0 Å². The molecule has 6 nitrogen and oxygen atoms in total. The molecule has 1 fully saturated rings. The van der Waals surface area contributed by atoms with Gasteiger partial charge in [0.25, 0.3) is 5.91 Å². The van der Waals surface area contributed by atoms with Crippen LogP contribution in [0.15, 0.2) is 42.9 Å². The maximum Gasteiger partial charge on any atom is 0.255 e. The predicted molar refractivity (Wildman–Crippen MR) is 86.0 cm³/mol. The van der Waals surface area contributed by atoms with E-state index in [1.165, 1.54) is 0 Å². The van der Waals surface area contributed by atoms with E-state index in [0.717, 1.165) is 36.1 Å². The predicted octanol–water partition coefficient (Wildman–Crippen LogP) is 2.37. The van der Waals surface area contributed by atoms with Crippen LogP contribution in [0, 0.1) is 0 Å². The third-order valence-electron chi connectivity index (χ3n) is 4.38. The van der Waals surface area contributed by atoms with Crippen LogP contribution in [-0.4, -0.2) is 44.1 Å². The molecule has 3 aromatic heterocycles. The van der Waals surface area contributed by atoms with Gasteiger partial charge in [-0.15, -0.1) is 0 Å². The number of hydrogen-bond donors (Lipinski definition) is 1. The van der Waals surface area contributed by atoms with E-state index in [4.69, 9.17) is 0 Å². The highest BCUT2D eigenvalue weighted by Gasteiger charge is 2.27. The highest BCUT2D eigenvalue weighted by molar-refractivity contribution is 5.94. The number of nitrogens with one attached hydrogen (secondary N) is 1. The van der Waals surface area contributed by atoms with E-state index in [1.54, 1.807) is 24.7 Å². The topological polar surface area (TPSA) is 74.8 Å². The fourth-order valence-corrected chi connectivity index (χ4v) is 3.25. The van der Waals surface area contributed by atoms with Crippen LogP contribution in [0.25, 0.3) is 11.0 Å². The van der Waals surface area contributed by atoms with Crippen LogP contribution >= 0.6 is 0 Å². The van der Waals surface area contributed by atoms with Gasteiger partial charge in [0.15, 0.2) is 5.65 Å². The molecule has 0 radical (unpaired) electrons. The number of hydrogen-bond acceptors (Lipinski definition) is 4. The Bertz CT molecular complexity index is 829. The van der Waals surface area contributed by atoms with E-state index in [9.17, 15) is 4.79 Å². The quantitative estimate of drug-likeness (QED) is 0.788. The third kappa shape index (κ3) is 2.56. The smallest absolute Gasteiger partial charge is 0.255 e. The Hall–Kier alpha value is -2.76. The molecule has 0 saturated carbocycles. The van der Waals surface area contributed by atoms with Crippen molar-refractivity contribution < 1.29 is 4.79 Å². The summed E-state index contributed by atoms with van der Waals surface area (Å²) in [5.74, 6) is 0.309. The molecule has 4 rings (SSSR count). The molecule has 1 N–H and O–H groups in total. The number of nitrogens with zero attached hydrogens (tertiary/aromatic N) is 4. The van der Waals surface area contributed by atoms with Crippen molar-refractivity contribution in [2.75, 3.05) is 13.1 Å². The number of aromatic amines is 1. The monoisotopic (exact) mass is 307 g/mol. The third-order valence-corrected chi connectivity index (χ3v) is 4.38. The average Bonchev–Trinajstić information content (AvgIpc) is 3.06. The number of amides is 1. The van der Waals surface area contributed by atoms with Gasteiger partial charge in [-0.05, 0) is 37.1 Å². The second-order valence-corrected chi connectivity index (χ2v) is 5.84. The molecule has 1 unspecified atom stereocenters. The van der Waals surface area contributed by atoms with E-state index in [0.29, 0.717) is 12.1 Å². The van der Waals surface area contributed by atoms with E-state index < -0.39 is 0 Å². The maximum absolute atomic E-state index is 12.6. The Morgan fingerprint density at radius 1 is 1.26 bits per heavy atom. The van der Waals surface area contributed by atoms with Crippen LogP contribution in [0.1, 0.15) is 34.8 Å². The Balaban J connectivity index is 1.59. The fourth-order valence-electron chi connectivity index (χ4n) is 3.25. The van der Waals surface area contributed by atoms with E-state index in [-0.39, 0.29) is 11.8 Å². The van der Waals surface area contributed by atoms with Gasteiger partial charge in [-0.25, -0.2) is 4.98 Å². The van der Waals surface area contributed by atoms with E-state index in [2.05, 4.69) is 20.2 Å². The molecule has 1 amide bonds. The number of likely N-dealkylation sites (tertiary alicyclic amines) is 1. The lowest BCUT2D eigenvalue weighted by Gasteiger charge is -2.32. The van der Waals surface area contributed by atoms with Gasteiger partial charge in [0.1, 0.15) is 0 Å². The lowest BCUT2D eigenvalue weighted by atomic mass is 9.93. The Labute approximate surface area is 133 Å². The molecule has 0 bridgehead atoms. The van der Waals surface area contributed by atoms with Crippen molar-refractivity contribution in [3.8, 4) is 0 Å². The second kappa shape index (κ2) is 5.79. The summed E-state index contributed by atoms with van der Waals surface area (Å²) in [5.41, 5.74) is 2.46. The SMILES string of the molecule is O=C(c1cccnc1)N1CCCC(c2[nH]nc3ncccc23)C1. The standard InChI is InChI=1S/C17H17N5O/c23-17(12-4-1-7-18-10-12)22-9-3-5-13(11-22)15-14-6-2-8-19-16(14)21-20-15/h1-2,4,6-8,10,13H,3,5,9,11H2,(H,19,20,21). The first kappa shape index (κ1) is 13.9. The van der Waals surface area contributed by atoms with Crippen molar-refractivity contribution in [2.45, 2.75) is 18.8 Å². The van der Waals surface area contributed by atoms with Crippen LogP contribution in [0.5, 0.6) is 0 Å². The van der Waals surface area contributed by atoms with Crippen LogP contribution < -0.4 is 0 Å². The molecule has 4 heterocycles. The molecular weight excluding hydrogens is 290 g/mol. The first-order valence-electron chi connectivity index (χ1n) is 7.81. The lowest BCUT2D eigenvalue weighted by Crippen LogP contribution is -2.39. The molecule has 116 valence electrons. The maximum atomic E-state index is 12.6. The number of piperidine rings is 1. The van der Waals surface area contributed by atoms with Gasteiger partial charge in [-0.2, -0.15) is 5.10 Å². The minimum Gasteiger partial charge on any atom is -0.338 e. The Kier molecular flexibility index (Phi) is 3.49. The van der Waals surface area contributed by atoms with E-state index in [1.807, 2.05) is 23.1 Å². The van der Waals surface area contributed by atoms with Crippen LogP contribution in [0.3, 0.4) is 0 Å². The van der Waals surface area contributed by atoms with Crippen molar-refractivity contribution in [1.82, 2.24) is 25.1 Å². The summed E-state index contributed by atoms with van der Waals surface area (Å²) in [5, 5.41) is 8.44. The van der Waals surface area contributed by atoms with Crippen molar-refractivity contribution in [3.63, 3.8) is 0 Å². The molecular formula is C17H17N5O. The Morgan fingerprint density at radius 2 is 2.17 bits per heavy atom. The minimum atomic E-state index is 0.0461. The number of pyridine rings is 2. The summed E-state index contributed by atoms with van der Waals surface area (Å²) in [7, 11) is 0. The van der Waals surface area contributed by atoms with Gasteiger partial charge < -0.3 is 4.90 Å². The molecule has 23 heavy (non-hydrogen) atoms. The summed E-state index contributed by atoms with van der Waals surface area (Å²) in [6.45, 7) is 1.48. The first-order valence-corrected chi connectivity index (χ1v) is 7.81. The van der Waals surface area contributed by atoms with Crippen LogP contribution in [0.2, 0.25) is 0 Å². The van der Waals surface area contributed by atoms with Gasteiger partial charge in [0, 0.05) is 48.7 Å². The van der Waals surface area contributed by atoms with E-state index >= 15 is 0 Å². The zero-order valence-electron chi connectivity index (χ0n) is 12.6. The molecule has 0 aromatic carbocycles. The summed E-state index contributed by atoms with van der Waals surface area (Å²) in [6, 6.07) is 7.56. The Morgan fingerprint density at radius 3 is 3.04 bits per heavy atom. The summed E-state index contributed by atoms with van der Waals surface area (Å²) < 4.78 is 0. The molecule has 3 aromatic rings. The van der Waals surface area contributed by atoms with Gasteiger partial charge in [-0.1, -0.05) is 0 Å². The van der Waals surface area contributed by atoms with Gasteiger partial charge in [-0.3, -0.25) is 14.9 Å². The lowest BCUT2D eigenvalue weighted by molar-refractivity contribution is 0.0706. The largest absolute Gasteiger partial charge is 0.338 e. The average molecular weight is 307 g/mol. The number of aromatic nitrogens is 4. The highest BCUT2D eigenvalue weighted by atomic mass is 16.2. The number of carbonyl (C=O) groups excluding carboxylic acids is 1. The minimum absolute atomic E-state index is 0.0461. The number of carbonyl (C=O) groups is 1. The zero-order valence-corrected chi connectivity index (χ0v) is 12.6. The highest BCUT2D eigenvalue weighted by Crippen LogP contribution is 2.30. The summed E-state index contributed by atoms with van der Waals surface area (Å²) in [4.78, 5) is 22.8.